The number of carbonyl (C=O) groups is 1. The van der Waals surface area contributed by atoms with Gasteiger partial charge in [0.1, 0.15) is 11.4 Å². The highest BCUT2D eigenvalue weighted by Crippen LogP contribution is 2.25. The Morgan fingerprint density at radius 2 is 1.71 bits per heavy atom. The van der Waals surface area contributed by atoms with Gasteiger partial charge in [0.15, 0.2) is 5.65 Å². The van der Waals surface area contributed by atoms with Gasteiger partial charge in [-0.3, -0.25) is 4.79 Å². The standard InChI is InChI=1S/C24H24N4O3/c1-30-14-6-13-25-24(29)22-15-20(18-9-11-19(31-2)12-10-18)26-23-16-21(27-28(22)23)17-7-4-3-5-8-17/h3-5,7-12,15-16H,6,13-14H2,1-2H3,(H,25,29). The summed E-state index contributed by atoms with van der Waals surface area (Å²) in [5.74, 6) is 0.553. The topological polar surface area (TPSA) is 77.8 Å². The van der Waals surface area contributed by atoms with Crippen molar-refractivity contribution in [2.75, 3.05) is 27.4 Å². The van der Waals surface area contributed by atoms with E-state index in [1.54, 1.807) is 24.8 Å². The molecule has 7 nitrogen and oxygen atoms in total. The Hall–Kier alpha value is -3.71. The summed E-state index contributed by atoms with van der Waals surface area (Å²) in [6.45, 7) is 1.10. The Bertz CT molecular complexity index is 1170. The summed E-state index contributed by atoms with van der Waals surface area (Å²) in [6.07, 6.45) is 0.732. The molecule has 2 aromatic carbocycles. The molecule has 2 aromatic heterocycles. The summed E-state index contributed by atoms with van der Waals surface area (Å²) in [5.41, 5.74) is 4.33. The summed E-state index contributed by atoms with van der Waals surface area (Å²) in [5, 5.41) is 7.60. The fraction of sp³-hybridized carbons (Fsp3) is 0.208. The summed E-state index contributed by atoms with van der Waals surface area (Å²) < 4.78 is 11.9. The summed E-state index contributed by atoms with van der Waals surface area (Å²) >= 11 is 0. The van der Waals surface area contributed by atoms with Gasteiger partial charge in [-0.2, -0.15) is 5.10 Å². The second kappa shape index (κ2) is 9.40. The number of carbonyl (C=O) groups excluding carboxylic acids is 1. The van der Waals surface area contributed by atoms with E-state index in [0.29, 0.717) is 30.2 Å². The zero-order valence-electron chi connectivity index (χ0n) is 17.5. The molecule has 0 radical (unpaired) electrons. The molecule has 0 unspecified atom stereocenters. The Balaban J connectivity index is 1.77. The van der Waals surface area contributed by atoms with Crippen molar-refractivity contribution in [3.05, 3.63) is 72.4 Å². The van der Waals surface area contributed by atoms with E-state index < -0.39 is 0 Å². The smallest absolute Gasteiger partial charge is 0.270 e. The van der Waals surface area contributed by atoms with Gasteiger partial charge in [-0.05, 0) is 36.8 Å². The van der Waals surface area contributed by atoms with Crippen LogP contribution in [0, 0.1) is 0 Å². The Morgan fingerprint density at radius 1 is 0.968 bits per heavy atom. The van der Waals surface area contributed by atoms with Crippen LogP contribution >= 0.6 is 0 Å². The van der Waals surface area contributed by atoms with Crippen molar-refractivity contribution in [1.82, 2.24) is 19.9 Å². The first-order valence-corrected chi connectivity index (χ1v) is 10.1. The average Bonchev–Trinajstić information content (AvgIpc) is 3.26. The minimum Gasteiger partial charge on any atom is -0.497 e. The molecule has 0 spiro atoms. The van der Waals surface area contributed by atoms with Crippen LogP contribution in [0.15, 0.2) is 66.7 Å². The molecule has 0 fully saturated rings. The number of methoxy groups -OCH3 is 2. The molecule has 0 aliphatic heterocycles. The van der Waals surface area contributed by atoms with Crippen LogP contribution in [-0.2, 0) is 4.74 Å². The molecular formula is C24H24N4O3. The van der Waals surface area contributed by atoms with E-state index in [1.165, 1.54) is 0 Å². The molecule has 1 N–H and O–H groups in total. The first-order chi connectivity index (χ1) is 15.2. The second-order valence-corrected chi connectivity index (χ2v) is 7.02. The van der Waals surface area contributed by atoms with Crippen molar-refractivity contribution < 1.29 is 14.3 Å². The number of hydrogen-bond donors (Lipinski definition) is 1. The van der Waals surface area contributed by atoms with Gasteiger partial charge < -0.3 is 14.8 Å². The van der Waals surface area contributed by atoms with E-state index in [0.717, 1.165) is 29.0 Å². The predicted molar refractivity (Wildman–Crippen MR) is 119 cm³/mol. The van der Waals surface area contributed by atoms with Gasteiger partial charge in [0.05, 0.1) is 18.5 Å². The fourth-order valence-corrected chi connectivity index (χ4v) is 3.30. The molecule has 4 rings (SSSR count). The predicted octanol–water partition coefficient (Wildman–Crippen LogP) is 3.84. The second-order valence-electron chi connectivity index (χ2n) is 7.02. The molecule has 7 heteroatoms. The molecule has 158 valence electrons. The van der Waals surface area contributed by atoms with Crippen LogP contribution in [0.5, 0.6) is 5.75 Å². The van der Waals surface area contributed by atoms with Gasteiger partial charge in [0.25, 0.3) is 5.91 Å². The lowest BCUT2D eigenvalue weighted by atomic mass is 10.1. The molecule has 0 saturated carbocycles. The summed E-state index contributed by atoms with van der Waals surface area (Å²) in [4.78, 5) is 17.8. The minimum absolute atomic E-state index is 0.207. The van der Waals surface area contributed by atoms with Crippen molar-refractivity contribution in [3.8, 4) is 28.3 Å². The van der Waals surface area contributed by atoms with Crippen LogP contribution in [0.2, 0.25) is 0 Å². The van der Waals surface area contributed by atoms with Crippen molar-refractivity contribution in [2.45, 2.75) is 6.42 Å². The maximum absolute atomic E-state index is 13.0. The van der Waals surface area contributed by atoms with Crippen molar-refractivity contribution >= 4 is 11.6 Å². The van der Waals surface area contributed by atoms with E-state index in [4.69, 9.17) is 14.5 Å². The number of fused-ring (bicyclic) bond motifs is 1. The van der Waals surface area contributed by atoms with Gasteiger partial charge in [-0.15, -0.1) is 0 Å². The molecule has 0 atom stereocenters. The van der Waals surface area contributed by atoms with Gasteiger partial charge in [0.2, 0.25) is 0 Å². The average molecular weight is 416 g/mol. The van der Waals surface area contributed by atoms with E-state index >= 15 is 0 Å². The molecule has 0 aliphatic carbocycles. The Kier molecular flexibility index (Phi) is 6.24. The molecular weight excluding hydrogens is 392 g/mol. The van der Waals surface area contributed by atoms with Crippen molar-refractivity contribution in [1.29, 1.82) is 0 Å². The third kappa shape index (κ3) is 4.57. The van der Waals surface area contributed by atoms with E-state index in [9.17, 15) is 4.79 Å². The quantitative estimate of drug-likeness (QED) is 0.442. The van der Waals surface area contributed by atoms with Crippen LogP contribution in [0.4, 0.5) is 0 Å². The summed E-state index contributed by atoms with van der Waals surface area (Å²) in [6, 6.07) is 21.1. The van der Waals surface area contributed by atoms with E-state index in [-0.39, 0.29) is 5.91 Å². The number of ether oxygens (including phenoxy) is 2. The fourth-order valence-electron chi connectivity index (χ4n) is 3.30. The number of nitrogens with zero attached hydrogens (tertiary/aromatic N) is 3. The number of amides is 1. The van der Waals surface area contributed by atoms with Crippen LogP contribution in [0.1, 0.15) is 16.9 Å². The maximum Gasteiger partial charge on any atom is 0.270 e. The highest BCUT2D eigenvalue weighted by Gasteiger charge is 2.17. The number of rotatable bonds is 8. The first-order valence-electron chi connectivity index (χ1n) is 10.1. The van der Waals surface area contributed by atoms with Crippen LogP contribution in [0.3, 0.4) is 0 Å². The number of aromatic nitrogens is 3. The molecule has 31 heavy (non-hydrogen) atoms. The van der Waals surface area contributed by atoms with Gasteiger partial charge in [-0.1, -0.05) is 30.3 Å². The van der Waals surface area contributed by atoms with E-state index in [1.807, 2.05) is 60.7 Å². The van der Waals surface area contributed by atoms with Gasteiger partial charge in [0, 0.05) is 37.5 Å². The zero-order chi connectivity index (χ0) is 21.6. The molecule has 4 aromatic rings. The number of benzene rings is 2. The first kappa shape index (κ1) is 20.6. The Labute approximate surface area is 180 Å². The monoisotopic (exact) mass is 416 g/mol. The minimum atomic E-state index is -0.207. The SMILES string of the molecule is COCCCNC(=O)c1cc(-c2ccc(OC)cc2)nc2cc(-c3ccccc3)nn12. The third-order valence-corrected chi connectivity index (χ3v) is 4.93. The summed E-state index contributed by atoms with van der Waals surface area (Å²) in [7, 11) is 3.27. The largest absolute Gasteiger partial charge is 0.497 e. The van der Waals surface area contributed by atoms with Crippen LogP contribution < -0.4 is 10.1 Å². The van der Waals surface area contributed by atoms with Crippen LogP contribution in [-0.4, -0.2) is 47.9 Å². The van der Waals surface area contributed by atoms with Gasteiger partial charge in [-0.25, -0.2) is 9.50 Å². The third-order valence-electron chi connectivity index (χ3n) is 4.93. The van der Waals surface area contributed by atoms with Gasteiger partial charge >= 0.3 is 0 Å². The van der Waals surface area contributed by atoms with Crippen LogP contribution in [0.25, 0.3) is 28.2 Å². The zero-order valence-corrected chi connectivity index (χ0v) is 17.5. The highest BCUT2D eigenvalue weighted by atomic mass is 16.5. The normalized spacial score (nSPS) is 10.9. The maximum atomic E-state index is 13.0. The molecule has 1 amide bonds. The lowest BCUT2D eigenvalue weighted by Gasteiger charge is -2.09. The lowest BCUT2D eigenvalue weighted by Crippen LogP contribution is -2.27. The van der Waals surface area contributed by atoms with Crippen molar-refractivity contribution in [2.24, 2.45) is 0 Å². The van der Waals surface area contributed by atoms with E-state index in [2.05, 4.69) is 10.4 Å². The molecule has 0 bridgehead atoms. The molecule has 0 aliphatic rings. The Morgan fingerprint density at radius 3 is 2.42 bits per heavy atom. The number of nitrogens with one attached hydrogen (secondary N) is 1. The highest BCUT2D eigenvalue weighted by molar-refractivity contribution is 5.94. The molecule has 0 saturated heterocycles. The number of hydrogen-bond acceptors (Lipinski definition) is 5. The lowest BCUT2D eigenvalue weighted by molar-refractivity contribution is 0.0941. The molecule has 2 heterocycles. The van der Waals surface area contributed by atoms with Crippen molar-refractivity contribution in [3.63, 3.8) is 0 Å².